The second kappa shape index (κ2) is 9.28. The maximum absolute atomic E-state index is 11.3. The predicted octanol–water partition coefficient (Wildman–Crippen LogP) is 2.03. The molecular formula is C19H25N7O3. The molecule has 0 unspecified atom stereocenters. The van der Waals surface area contributed by atoms with Crippen LogP contribution in [0.1, 0.15) is 41.6 Å². The fourth-order valence-corrected chi connectivity index (χ4v) is 3.37. The number of anilines is 2. The Morgan fingerprint density at radius 1 is 1.24 bits per heavy atom. The SMILES string of the molecule is NC(=O)c1cccc(CNc2ncc([N+](=O)[O-])c(NCC3CCC(N)CC3)n2)c1. The van der Waals surface area contributed by atoms with Gasteiger partial charge in [0.25, 0.3) is 0 Å². The lowest BCUT2D eigenvalue weighted by atomic mass is 9.86. The van der Waals surface area contributed by atoms with E-state index in [4.69, 9.17) is 11.5 Å². The largest absolute Gasteiger partial charge is 0.366 e. The number of carbonyl (C=O) groups excluding carboxylic acids is 1. The minimum Gasteiger partial charge on any atom is -0.366 e. The summed E-state index contributed by atoms with van der Waals surface area (Å²) in [5.74, 6) is 0.354. The second-order valence-corrected chi connectivity index (χ2v) is 7.26. The minimum absolute atomic E-state index is 0.168. The molecule has 10 nitrogen and oxygen atoms in total. The quantitative estimate of drug-likeness (QED) is 0.387. The topological polar surface area (TPSA) is 162 Å². The van der Waals surface area contributed by atoms with Crippen molar-refractivity contribution < 1.29 is 9.72 Å². The maximum Gasteiger partial charge on any atom is 0.329 e. The van der Waals surface area contributed by atoms with Gasteiger partial charge < -0.3 is 22.1 Å². The average Bonchev–Trinajstić information content (AvgIpc) is 2.72. The van der Waals surface area contributed by atoms with Gasteiger partial charge in [0.1, 0.15) is 6.20 Å². The first-order valence-corrected chi connectivity index (χ1v) is 9.56. The first-order valence-electron chi connectivity index (χ1n) is 9.56. The van der Waals surface area contributed by atoms with Crippen LogP contribution in [0.5, 0.6) is 0 Å². The molecule has 0 bridgehead atoms. The Morgan fingerprint density at radius 2 is 2.00 bits per heavy atom. The van der Waals surface area contributed by atoms with E-state index in [1.807, 2.05) is 6.07 Å². The molecule has 3 rings (SSSR count). The van der Waals surface area contributed by atoms with Crippen molar-refractivity contribution in [2.24, 2.45) is 17.4 Å². The first-order chi connectivity index (χ1) is 13.9. The van der Waals surface area contributed by atoms with Gasteiger partial charge in [0, 0.05) is 24.7 Å². The summed E-state index contributed by atoms with van der Waals surface area (Å²) >= 11 is 0. The van der Waals surface area contributed by atoms with Gasteiger partial charge in [0.2, 0.25) is 17.7 Å². The van der Waals surface area contributed by atoms with Crippen LogP contribution in [0.25, 0.3) is 0 Å². The average molecular weight is 399 g/mol. The van der Waals surface area contributed by atoms with E-state index >= 15 is 0 Å². The highest BCUT2D eigenvalue weighted by molar-refractivity contribution is 5.92. The summed E-state index contributed by atoms with van der Waals surface area (Å²) in [4.78, 5) is 30.4. The number of hydrogen-bond acceptors (Lipinski definition) is 8. The van der Waals surface area contributed by atoms with Crippen LogP contribution in [-0.4, -0.2) is 33.4 Å². The molecule has 10 heteroatoms. The van der Waals surface area contributed by atoms with Crippen LogP contribution >= 0.6 is 0 Å². The van der Waals surface area contributed by atoms with Gasteiger partial charge in [-0.2, -0.15) is 4.98 Å². The van der Waals surface area contributed by atoms with Gasteiger partial charge in [-0.25, -0.2) is 4.98 Å². The number of hydrogen-bond donors (Lipinski definition) is 4. The molecule has 1 aliphatic carbocycles. The molecule has 1 saturated carbocycles. The lowest BCUT2D eigenvalue weighted by molar-refractivity contribution is -0.384. The number of nitrogens with one attached hydrogen (secondary N) is 2. The van der Waals surface area contributed by atoms with Gasteiger partial charge in [-0.05, 0) is 49.3 Å². The molecular weight excluding hydrogens is 374 g/mol. The summed E-state index contributed by atoms with van der Waals surface area (Å²) in [6.07, 6.45) is 5.11. The van der Waals surface area contributed by atoms with Gasteiger partial charge in [-0.15, -0.1) is 0 Å². The van der Waals surface area contributed by atoms with E-state index in [1.165, 1.54) is 6.20 Å². The Bertz CT molecular complexity index is 882. The highest BCUT2D eigenvalue weighted by Gasteiger charge is 2.21. The van der Waals surface area contributed by atoms with Gasteiger partial charge in [-0.1, -0.05) is 12.1 Å². The van der Waals surface area contributed by atoms with Gasteiger partial charge in [-0.3, -0.25) is 14.9 Å². The fourth-order valence-electron chi connectivity index (χ4n) is 3.37. The Hall–Kier alpha value is -3.27. The lowest BCUT2D eigenvalue weighted by Crippen LogP contribution is -2.29. The van der Waals surface area contributed by atoms with Crippen LogP contribution in [0.2, 0.25) is 0 Å². The van der Waals surface area contributed by atoms with E-state index < -0.39 is 10.8 Å². The predicted molar refractivity (Wildman–Crippen MR) is 109 cm³/mol. The third kappa shape index (κ3) is 5.61. The molecule has 1 fully saturated rings. The van der Waals surface area contributed by atoms with Crippen molar-refractivity contribution in [3.8, 4) is 0 Å². The molecule has 1 heterocycles. The number of nitrogens with zero attached hydrogens (tertiary/aromatic N) is 3. The number of aromatic nitrogens is 2. The fraction of sp³-hybridized carbons (Fsp3) is 0.421. The number of amides is 1. The smallest absolute Gasteiger partial charge is 0.329 e. The van der Waals surface area contributed by atoms with Crippen molar-refractivity contribution >= 4 is 23.4 Å². The van der Waals surface area contributed by atoms with E-state index in [0.29, 0.717) is 24.6 Å². The Balaban J connectivity index is 1.66. The Kier molecular flexibility index (Phi) is 6.55. The van der Waals surface area contributed by atoms with E-state index in [1.54, 1.807) is 18.2 Å². The van der Waals surface area contributed by atoms with Crippen molar-refractivity contribution in [3.63, 3.8) is 0 Å². The van der Waals surface area contributed by atoms with Crippen molar-refractivity contribution in [3.05, 3.63) is 51.7 Å². The molecule has 1 aromatic carbocycles. The van der Waals surface area contributed by atoms with E-state index in [0.717, 1.165) is 31.2 Å². The molecule has 0 aliphatic heterocycles. The number of nitrogens with two attached hydrogens (primary N) is 2. The summed E-state index contributed by atoms with van der Waals surface area (Å²) < 4.78 is 0. The van der Waals surface area contributed by atoms with E-state index in [2.05, 4.69) is 20.6 Å². The Labute approximate surface area is 168 Å². The van der Waals surface area contributed by atoms with Crippen LogP contribution in [0, 0.1) is 16.0 Å². The van der Waals surface area contributed by atoms with Crippen LogP contribution in [-0.2, 0) is 6.54 Å². The minimum atomic E-state index is -0.506. The first kappa shape index (κ1) is 20.5. The molecule has 0 spiro atoms. The summed E-state index contributed by atoms with van der Waals surface area (Å²) in [5, 5.41) is 17.4. The number of primary amides is 1. The molecule has 1 aliphatic rings. The third-order valence-corrected chi connectivity index (χ3v) is 5.08. The van der Waals surface area contributed by atoms with Crippen LogP contribution in [0.4, 0.5) is 17.5 Å². The maximum atomic E-state index is 11.3. The van der Waals surface area contributed by atoms with Crippen LogP contribution in [0.3, 0.4) is 0 Å². The molecule has 154 valence electrons. The van der Waals surface area contributed by atoms with Crippen LogP contribution < -0.4 is 22.1 Å². The number of nitro groups is 1. The summed E-state index contributed by atoms with van der Waals surface area (Å²) in [6, 6.07) is 7.12. The highest BCUT2D eigenvalue weighted by Crippen LogP contribution is 2.26. The second-order valence-electron chi connectivity index (χ2n) is 7.26. The van der Waals surface area contributed by atoms with Crippen molar-refractivity contribution in [1.29, 1.82) is 0 Å². The number of benzene rings is 1. The standard InChI is InChI=1S/C19H25N7O3/c20-15-6-4-12(5-7-15)9-22-18-16(26(28)29)11-24-19(25-18)23-10-13-2-1-3-14(8-13)17(21)27/h1-3,8,11-12,15H,4-7,9-10,20H2,(H2,21,27)(H2,22,23,24,25). The van der Waals surface area contributed by atoms with Crippen LogP contribution in [0.15, 0.2) is 30.5 Å². The normalized spacial score (nSPS) is 18.8. The van der Waals surface area contributed by atoms with Gasteiger partial charge in [0.15, 0.2) is 0 Å². The molecule has 0 saturated heterocycles. The Morgan fingerprint density at radius 3 is 2.69 bits per heavy atom. The van der Waals surface area contributed by atoms with Crippen molar-refractivity contribution in [2.75, 3.05) is 17.2 Å². The lowest BCUT2D eigenvalue weighted by Gasteiger charge is -2.26. The van der Waals surface area contributed by atoms with E-state index in [9.17, 15) is 14.9 Å². The molecule has 2 aromatic rings. The molecule has 1 aromatic heterocycles. The summed E-state index contributed by atoms with van der Waals surface area (Å²) in [7, 11) is 0. The van der Waals surface area contributed by atoms with Crippen molar-refractivity contribution in [1.82, 2.24) is 9.97 Å². The molecule has 6 N–H and O–H groups in total. The molecule has 29 heavy (non-hydrogen) atoms. The number of carbonyl (C=O) groups is 1. The zero-order valence-electron chi connectivity index (χ0n) is 16.0. The van der Waals surface area contributed by atoms with Gasteiger partial charge in [0.05, 0.1) is 4.92 Å². The summed E-state index contributed by atoms with van der Waals surface area (Å²) in [5.41, 5.74) is 12.3. The zero-order valence-corrected chi connectivity index (χ0v) is 16.0. The van der Waals surface area contributed by atoms with Gasteiger partial charge >= 0.3 is 5.69 Å². The molecule has 1 amide bonds. The monoisotopic (exact) mass is 399 g/mol. The summed E-state index contributed by atoms with van der Waals surface area (Å²) in [6.45, 7) is 0.948. The zero-order chi connectivity index (χ0) is 20.8. The third-order valence-electron chi connectivity index (χ3n) is 5.08. The molecule has 0 radical (unpaired) electrons. The van der Waals surface area contributed by atoms with E-state index in [-0.39, 0.29) is 23.5 Å². The highest BCUT2D eigenvalue weighted by atomic mass is 16.6. The number of rotatable bonds is 8. The van der Waals surface area contributed by atoms with Crippen molar-refractivity contribution in [2.45, 2.75) is 38.3 Å². The molecule has 0 atom stereocenters.